The third-order valence-corrected chi connectivity index (χ3v) is 2.12. The zero-order chi connectivity index (χ0) is 9.52. The van der Waals surface area contributed by atoms with E-state index in [2.05, 4.69) is 22.9 Å². The maximum atomic E-state index is 4.07. The number of likely N-dealkylation sites (N-methyl/N-ethyl adjacent to an activating group) is 1. The molecule has 1 aromatic rings. The topological polar surface area (TPSA) is 24.9 Å². The van der Waals surface area contributed by atoms with Crippen LogP contribution in [-0.2, 0) is 6.42 Å². The quantitative estimate of drug-likeness (QED) is 0.692. The summed E-state index contributed by atoms with van der Waals surface area (Å²) in [5.41, 5.74) is 1.28. The van der Waals surface area contributed by atoms with Crippen molar-refractivity contribution >= 4 is 0 Å². The summed E-state index contributed by atoms with van der Waals surface area (Å²) in [4.78, 5) is 4.07. The van der Waals surface area contributed by atoms with Gasteiger partial charge >= 0.3 is 0 Å². The number of aromatic nitrogens is 1. The zero-order valence-electron chi connectivity index (χ0n) is 8.03. The van der Waals surface area contributed by atoms with Gasteiger partial charge in [-0.05, 0) is 31.5 Å². The molecule has 0 aliphatic rings. The Hall–Kier alpha value is -1.15. The lowest BCUT2D eigenvalue weighted by molar-refractivity contribution is 0.614. The van der Waals surface area contributed by atoms with E-state index in [1.807, 2.05) is 25.4 Å². The van der Waals surface area contributed by atoms with E-state index in [0.29, 0.717) is 6.04 Å². The summed E-state index contributed by atoms with van der Waals surface area (Å²) in [5.74, 6) is 0. The Kier molecular flexibility index (Phi) is 4.19. The van der Waals surface area contributed by atoms with E-state index < -0.39 is 0 Å². The summed E-state index contributed by atoms with van der Waals surface area (Å²) in [7, 11) is 1.95. The van der Waals surface area contributed by atoms with Crippen LogP contribution >= 0.6 is 0 Å². The predicted octanol–water partition coefficient (Wildman–Crippen LogP) is 1.79. The third-order valence-electron chi connectivity index (χ3n) is 2.12. The normalized spacial score (nSPS) is 12.4. The molecule has 0 fully saturated rings. The van der Waals surface area contributed by atoms with Gasteiger partial charge in [0.1, 0.15) is 0 Å². The summed E-state index contributed by atoms with van der Waals surface area (Å²) in [5, 5.41) is 3.18. The first kappa shape index (κ1) is 9.93. The van der Waals surface area contributed by atoms with Crippen LogP contribution in [0.1, 0.15) is 12.0 Å². The zero-order valence-corrected chi connectivity index (χ0v) is 8.03. The van der Waals surface area contributed by atoms with E-state index >= 15 is 0 Å². The van der Waals surface area contributed by atoms with Gasteiger partial charge in [0, 0.05) is 18.4 Å². The summed E-state index contributed by atoms with van der Waals surface area (Å²) in [6.07, 6.45) is 7.77. The number of nitrogens with zero attached hydrogens (tertiary/aromatic N) is 1. The van der Waals surface area contributed by atoms with Gasteiger partial charge in [-0.1, -0.05) is 12.1 Å². The van der Waals surface area contributed by atoms with Crippen molar-refractivity contribution < 1.29 is 0 Å². The molecule has 0 radical (unpaired) electrons. The Morgan fingerprint density at radius 2 is 2.54 bits per heavy atom. The predicted molar refractivity (Wildman–Crippen MR) is 55.6 cm³/mol. The van der Waals surface area contributed by atoms with E-state index in [0.717, 1.165) is 12.8 Å². The van der Waals surface area contributed by atoms with Crippen LogP contribution in [0.25, 0.3) is 0 Å². The Balaban J connectivity index is 2.38. The Bertz CT molecular complexity index is 244. The Labute approximate surface area is 79.7 Å². The number of pyridine rings is 1. The number of hydrogen-bond acceptors (Lipinski definition) is 2. The highest BCUT2D eigenvalue weighted by Crippen LogP contribution is 2.03. The highest BCUT2D eigenvalue weighted by atomic mass is 14.8. The van der Waals surface area contributed by atoms with Gasteiger partial charge in [-0.3, -0.25) is 4.98 Å². The molecular formula is C11H16N2. The van der Waals surface area contributed by atoms with Crippen LogP contribution < -0.4 is 5.32 Å². The smallest absolute Gasteiger partial charge is 0.0299 e. The first-order chi connectivity index (χ1) is 6.36. The van der Waals surface area contributed by atoms with Gasteiger partial charge in [-0.25, -0.2) is 0 Å². The molecule has 0 spiro atoms. The van der Waals surface area contributed by atoms with Crippen LogP contribution in [-0.4, -0.2) is 18.1 Å². The summed E-state index contributed by atoms with van der Waals surface area (Å²) >= 11 is 0. The molecular weight excluding hydrogens is 160 g/mol. The molecule has 0 amide bonds. The summed E-state index contributed by atoms with van der Waals surface area (Å²) < 4.78 is 0. The number of rotatable bonds is 5. The molecule has 1 atom stereocenters. The molecule has 0 saturated carbocycles. The SMILES string of the molecule is C=CC(CCc1cccnc1)NC. The third kappa shape index (κ3) is 3.38. The number of aryl methyl sites for hydroxylation is 1. The molecule has 0 aliphatic heterocycles. The molecule has 1 aromatic heterocycles. The van der Waals surface area contributed by atoms with Crippen LogP contribution in [0.2, 0.25) is 0 Å². The van der Waals surface area contributed by atoms with Crippen molar-refractivity contribution in [1.82, 2.24) is 10.3 Å². The minimum absolute atomic E-state index is 0.403. The molecule has 70 valence electrons. The largest absolute Gasteiger partial charge is 0.314 e. The lowest BCUT2D eigenvalue weighted by Gasteiger charge is -2.10. The van der Waals surface area contributed by atoms with Crippen molar-refractivity contribution in [2.75, 3.05) is 7.05 Å². The fraction of sp³-hybridized carbons (Fsp3) is 0.364. The summed E-state index contributed by atoms with van der Waals surface area (Å²) in [6, 6.07) is 4.47. The number of nitrogens with one attached hydrogen (secondary N) is 1. The second-order valence-electron chi connectivity index (χ2n) is 3.03. The van der Waals surface area contributed by atoms with Crippen LogP contribution in [0.3, 0.4) is 0 Å². The van der Waals surface area contributed by atoms with Crippen molar-refractivity contribution in [3.8, 4) is 0 Å². The lowest BCUT2D eigenvalue weighted by atomic mass is 10.1. The molecule has 1 rings (SSSR count). The molecule has 0 saturated heterocycles. The maximum Gasteiger partial charge on any atom is 0.0299 e. The average molecular weight is 176 g/mol. The van der Waals surface area contributed by atoms with Crippen molar-refractivity contribution in [2.24, 2.45) is 0 Å². The molecule has 2 nitrogen and oxygen atoms in total. The van der Waals surface area contributed by atoms with E-state index in [9.17, 15) is 0 Å². The van der Waals surface area contributed by atoms with E-state index in [1.165, 1.54) is 5.56 Å². The Morgan fingerprint density at radius 3 is 3.08 bits per heavy atom. The minimum Gasteiger partial charge on any atom is -0.314 e. The molecule has 2 heteroatoms. The summed E-state index contributed by atoms with van der Waals surface area (Å²) in [6.45, 7) is 3.77. The monoisotopic (exact) mass is 176 g/mol. The first-order valence-corrected chi connectivity index (χ1v) is 4.55. The van der Waals surface area contributed by atoms with Crippen LogP contribution in [0.5, 0.6) is 0 Å². The molecule has 0 bridgehead atoms. The minimum atomic E-state index is 0.403. The van der Waals surface area contributed by atoms with E-state index in [-0.39, 0.29) is 0 Å². The van der Waals surface area contributed by atoms with Gasteiger partial charge < -0.3 is 5.32 Å². The van der Waals surface area contributed by atoms with Gasteiger partial charge in [0.05, 0.1) is 0 Å². The maximum absolute atomic E-state index is 4.07. The highest BCUT2D eigenvalue weighted by molar-refractivity contribution is 5.09. The van der Waals surface area contributed by atoms with Crippen LogP contribution in [0, 0.1) is 0 Å². The van der Waals surface area contributed by atoms with Crippen molar-refractivity contribution in [1.29, 1.82) is 0 Å². The van der Waals surface area contributed by atoms with Gasteiger partial charge in [-0.15, -0.1) is 6.58 Å². The van der Waals surface area contributed by atoms with E-state index in [1.54, 1.807) is 6.20 Å². The fourth-order valence-corrected chi connectivity index (χ4v) is 1.25. The van der Waals surface area contributed by atoms with Gasteiger partial charge in [0.25, 0.3) is 0 Å². The molecule has 1 N–H and O–H groups in total. The molecule has 13 heavy (non-hydrogen) atoms. The fourth-order valence-electron chi connectivity index (χ4n) is 1.25. The second-order valence-corrected chi connectivity index (χ2v) is 3.03. The molecule has 1 unspecified atom stereocenters. The van der Waals surface area contributed by atoms with Gasteiger partial charge in [0.2, 0.25) is 0 Å². The van der Waals surface area contributed by atoms with Crippen molar-refractivity contribution in [3.05, 3.63) is 42.7 Å². The lowest BCUT2D eigenvalue weighted by Crippen LogP contribution is -2.22. The van der Waals surface area contributed by atoms with E-state index in [4.69, 9.17) is 0 Å². The standard InChI is InChI=1S/C11H16N2/c1-3-11(12-2)7-6-10-5-4-8-13-9-10/h3-5,8-9,11-12H,1,6-7H2,2H3. The Morgan fingerprint density at radius 1 is 1.69 bits per heavy atom. The average Bonchev–Trinajstić information content (AvgIpc) is 2.21. The first-order valence-electron chi connectivity index (χ1n) is 4.55. The van der Waals surface area contributed by atoms with Gasteiger partial charge in [-0.2, -0.15) is 0 Å². The van der Waals surface area contributed by atoms with Crippen molar-refractivity contribution in [3.63, 3.8) is 0 Å². The van der Waals surface area contributed by atoms with Crippen LogP contribution in [0.15, 0.2) is 37.2 Å². The molecule has 1 heterocycles. The molecule has 0 aliphatic carbocycles. The van der Waals surface area contributed by atoms with Gasteiger partial charge in [0.15, 0.2) is 0 Å². The molecule has 0 aromatic carbocycles. The number of hydrogen-bond donors (Lipinski definition) is 1. The van der Waals surface area contributed by atoms with Crippen molar-refractivity contribution in [2.45, 2.75) is 18.9 Å². The highest BCUT2D eigenvalue weighted by Gasteiger charge is 2.00. The van der Waals surface area contributed by atoms with Crippen LogP contribution in [0.4, 0.5) is 0 Å². The second kappa shape index (κ2) is 5.49.